The number of hydrogen-bond donors (Lipinski definition) is 3. The van der Waals surface area contributed by atoms with Crippen LogP contribution in [0.4, 0.5) is 0 Å². The second kappa shape index (κ2) is 12.0. The third-order valence-corrected chi connectivity index (χ3v) is 4.71. The third kappa shape index (κ3) is 8.45. The average Bonchev–Trinajstić information content (AvgIpc) is 2.82. The minimum Gasteiger partial charge on any atom is -0.481 e. The maximum atomic E-state index is 12.1. The van der Waals surface area contributed by atoms with Gasteiger partial charge in [0.2, 0.25) is 0 Å². The van der Waals surface area contributed by atoms with E-state index in [-0.39, 0.29) is 30.5 Å². The van der Waals surface area contributed by atoms with Gasteiger partial charge in [-0.15, -0.1) is 0 Å². The van der Waals surface area contributed by atoms with Crippen molar-refractivity contribution in [1.29, 1.82) is 0 Å². The van der Waals surface area contributed by atoms with Crippen molar-refractivity contribution in [2.24, 2.45) is 11.8 Å². The normalized spacial score (nSPS) is 25.2. The van der Waals surface area contributed by atoms with Crippen molar-refractivity contribution in [1.82, 2.24) is 0 Å². The molecule has 0 aromatic carbocycles. The molecular weight excluding hydrogens is 320 g/mol. The molecule has 0 aromatic heterocycles. The maximum absolute atomic E-state index is 12.1. The molecule has 0 spiro atoms. The third-order valence-electron chi connectivity index (χ3n) is 4.71. The Morgan fingerprint density at radius 1 is 1.28 bits per heavy atom. The first-order valence-corrected chi connectivity index (χ1v) is 9.39. The van der Waals surface area contributed by atoms with Crippen LogP contribution in [-0.4, -0.2) is 39.3 Å². The molecule has 142 valence electrons. The molecule has 1 fully saturated rings. The van der Waals surface area contributed by atoms with Gasteiger partial charge in [-0.05, 0) is 25.7 Å². The van der Waals surface area contributed by atoms with Crippen LogP contribution >= 0.6 is 0 Å². The fourth-order valence-electron chi connectivity index (χ4n) is 3.22. The lowest BCUT2D eigenvalue weighted by Crippen LogP contribution is -2.18. The minimum atomic E-state index is -0.801. The fourth-order valence-corrected chi connectivity index (χ4v) is 3.22. The summed E-state index contributed by atoms with van der Waals surface area (Å²) in [6.07, 6.45) is 12.1. The summed E-state index contributed by atoms with van der Waals surface area (Å²) in [5.74, 6) is -1.26. The van der Waals surface area contributed by atoms with E-state index in [0.29, 0.717) is 25.7 Å². The van der Waals surface area contributed by atoms with Crippen LogP contribution in [0.1, 0.15) is 64.7 Å². The Labute approximate surface area is 150 Å². The van der Waals surface area contributed by atoms with Gasteiger partial charge in [0.05, 0.1) is 12.2 Å². The Hall–Kier alpha value is -1.46. The molecule has 1 saturated carbocycles. The second-order valence-corrected chi connectivity index (χ2v) is 6.86. The molecular formula is C20H32O5. The molecule has 5 heteroatoms. The van der Waals surface area contributed by atoms with Crippen molar-refractivity contribution in [2.45, 2.75) is 76.9 Å². The number of Topliss-reactive ketones (excluding diaryl/α,β-unsaturated/α-hetero) is 1. The van der Waals surface area contributed by atoms with E-state index in [4.69, 9.17) is 5.11 Å². The zero-order valence-corrected chi connectivity index (χ0v) is 15.1. The van der Waals surface area contributed by atoms with E-state index in [1.807, 2.05) is 12.2 Å². The predicted molar refractivity (Wildman–Crippen MR) is 97.1 cm³/mol. The molecule has 1 rings (SSSR count). The van der Waals surface area contributed by atoms with E-state index in [2.05, 4.69) is 6.92 Å². The van der Waals surface area contributed by atoms with Gasteiger partial charge in [-0.2, -0.15) is 0 Å². The molecule has 0 aliphatic heterocycles. The average molecular weight is 352 g/mol. The van der Waals surface area contributed by atoms with Crippen LogP contribution in [0.2, 0.25) is 0 Å². The highest BCUT2D eigenvalue weighted by Gasteiger charge is 2.39. The van der Waals surface area contributed by atoms with Crippen molar-refractivity contribution in [3.8, 4) is 0 Å². The fraction of sp³-hybridized carbons (Fsp3) is 0.700. The van der Waals surface area contributed by atoms with Crippen LogP contribution < -0.4 is 0 Å². The van der Waals surface area contributed by atoms with Crippen LogP contribution in [0, 0.1) is 11.8 Å². The second-order valence-electron chi connectivity index (χ2n) is 6.86. The molecule has 3 N–H and O–H groups in total. The summed E-state index contributed by atoms with van der Waals surface area (Å²) < 4.78 is 0. The van der Waals surface area contributed by atoms with Gasteiger partial charge >= 0.3 is 5.97 Å². The molecule has 0 radical (unpaired) electrons. The number of hydrogen-bond acceptors (Lipinski definition) is 4. The summed E-state index contributed by atoms with van der Waals surface area (Å²) in [5, 5.41) is 28.7. The topological polar surface area (TPSA) is 94.8 Å². The van der Waals surface area contributed by atoms with Crippen molar-refractivity contribution in [2.75, 3.05) is 0 Å². The minimum absolute atomic E-state index is 0.0535. The highest BCUT2D eigenvalue weighted by molar-refractivity contribution is 5.84. The molecule has 4 atom stereocenters. The molecule has 0 bridgehead atoms. The summed E-state index contributed by atoms with van der Waals surface area (Å²) in [6, 6.07) is 0. The van der Waals surface area contributed by atoms with Crippen molar-refractivity contribution >= 4 is 11.8 Å². The number of carboxylic acid groups (broad SMARTS) is 1. The molecule has 0 heterocycles. The summed E-state index contributed by atoms with van der Waals surface area (Å²) in [6.45, 7) is 2.11. The van der Waals surface area contributed by atoms with E-state index in [1.54, 1.807) is 12.2 Å². The van der Waals surface area contributed by atoms with Gasteiger partial charge in [-0.1, -0.05) is 50.5 Å². The lowest BCUT2D eigenvalue weighted by Gasteiger charge is -2.16. The Bertz CT molecular complexity index is 469. The van der Waals surface area contributed by atoms with Gasteiger partial charge < -0.3 is 15.3 Å². The summed E-state index contributed by atoms with van der Waals surface area (Å²) >= 11 is 0. The van der Waals surface area contributed by atoms with Gasteiger partial charge in [0.25, 0.3) is 0 Å². The van der Waals surface area contributed by atoms with E-state index >= 15 is 0 Å². The van der Waals surface area contributed by atoms with Gasteiger partial charge in [-0.3, -0.25) is 9.59 Å². The van der Waals surface area contributed by atoms with Gasteiger partial charge in [0, 0.05) is 24.7 Å². The van der Waals surface area contributed by atoms with Gasteiger partial charge in [0.1, 0.15) is 5.78 Å². The van der Waals surface area contributed by atoms with E-state index < -0.39 is 18.2 Å². The van der Waals surface area contributed by atoms with Crippen LogP contribution in [0.5, 0.6) is 0 Å². The zero-order valence-electron chi connectivity index (χ0n) is 15.1. The van der Waals surface area contributed by atoms with E-state index in [1.165, 1.54) is 0 Å². The monoisotopic (exact) mass is 352 g/mol. The maximum Gasteiger partial charge on any atom is 0.303 e. The lowest BCUT2D eigenvalue weighted by molar-refractivity contribution is -0.137. The van der Waals surface area contributed by atoms with Crippen LogP contribution in [-0.2, 0) is 9.59 Å². The predicted octanol–water partition coefficient (Wildman–Crippen LogP) is 3.25. The van der Waals surface area contributed by atoms with E-state index in [0.717, 1.165) is 19.3 Å². The SMILES string of the molecule is CCCCC[C@H](O)/C=C/[C@@H]1[C@H](O)CC(=O)[C@@H]1C/C=C/CCCC(=O)O. The number of aliphatic carboxylic acids is 1. The standard InChI is InChI=1S/C20H32O5/c1-2-3-6-9-15(21)12-13-17-16(18(22)14-19(17)23)10-7-4-5-8-11-20(24)25/h4,7,12-13,15-17,19,21,23H,2-3,5-6,8-11,14H2,1H3,(H,24,25)/b7-4+,13-12+/t15-,16+,17-,19+/m0/s1. The molecule has 0 unspecified atom stereocenters. The zero-order chi connectivity index (χ0) is 18.7. The Balaban J connectivity index is 2.48. The summed E-state index contributed by atoms with van der Waals surface area (Å²) in [7, 11) is 0. The van der Waals surface area contributed by atoms with Crippen molar-refractivity contribution in [3.63, 3.8) is 0 Å². The molecule has 0 saturated heterocycles. The number of carboxylic acids is 1. The summed E-state index contributed by atoms with van der Waals surface area (Å²) in [5.41, 5.74) is 0. The first kappa shape index (κ1) is 21.6. The lowest BCUT2D eigenvalue weighted by atomic mass is 9.90. The highest BCUT2D eigenvalue weighted by atomic mass is 16.4. The smallest absolute Gasteiger partial charge is 0.303 e. The van der Waals surface area contributed by atoms with Gasteiger partial charge in [-0.25, -0.2) is 0 Å². The number of carbonyl (C=O) groups excluding carboxylic acids is 1. The van der Waals surface area contributed by atoms with E-state index in [9.17, 15) is 19.8 Å². The number of aliphatic hydroxyl groups excluding tert-OH is 2. The number of ketones is 1. The Morgan fingerprint density at radius 3 is 2.72 bits per heavy atom. The first-order chi connectivity index (χ1) is 12.0. The molecule has 1 aliphatic carbocycles. The highest BCUT2D eigenvalue weighted by Crippen LogP contribution is 2.33. The van der Waals surface area contributed by atoms with Gasteiger partial charge in [0.15, 0.2) is 0 Å². The molecule has 0 amide bonds. The van der Waals surface area contributed by atoms with Crippen molar-refractivity contribution < 1.29 is 24.9 Å². The number of allylic oxidation sites excluding steroid dienone is 2. The number of carbonyl (C=O) groups is 2. The molecule has 25 heavy (non-hydrogen) atoms. The molecule has 0 aromatic rings. The quantitative estimate of drug-likeness (QED) is 0.370. The molecule has 5 nitrogen and oxygen atoms in total. The van der Waals surface area contributed by atoms with Crippen molar-refractivity contribution in [3.05, 3.63) is 24.3 Å². The number of unbranched alkanes of at least 4 members (excludes halogenated alkanes) is 3. The Morgan fingerprint density at radius 2 is 2.04 bits per heavy atom. The number of aliphatic hydroxyl groups is 2. The van der Waals surface area contributed by atoms with Crippen LogP contribution in [0.15, 0.2) is 24.3 Å². The first-order valence-electron chi connectivity index (χ1n) is 9.39. The Kier molecular flexibility index (Phi) is 10.3. The van der Waals surface area contributed by atoms with Crippen LogP contribution in [0.3, 0.4) is 0 Å². The molecule has 1 aliphatic rings. The van der Waals surface area contributed by atoms with Crippen LogP contribution in [0.25, 0.3) is 0 Å². The summed E-state index contributed by atoms with van der Waals surface area (Å²) in [4.78, 5) is 22.5. The largest absolute Gasteiger partial charge is 0.481 e. The number of rotatable bonds is 12.